The van der Waals surface area contributed by atoms with Crippen molar-refractivity contribution in [2.75, 3.05) is 18.2 Å². The molecule has 2 rings (SSSR count). The van der Waals surface area contributed by atoms with Crippen molar-refractivity contribution in [1.29, 1.82) is 0 Å². The first-order valence-corrected chi connectivity index (χ1v) is 7.17. The molecule has 0 heterocycles. The SMILES string of the molecule is CSc1cccc(N(C)c2ccccc2F)c1C(=O)O. The molecule has 0 aromatic heterocycles. The van der Waals surface area contributed by atoms with Crippen molar-refractivity contribution in [3.8, 4) is 0 Å². The van der Waals surface area contributed by atoms with E-state index in [1.165, 1.54) is 17.8 Å². The number of carboxylic acid groups (broad SMARTS) is 1. The number of thioether (sulfide) groups is 1. The molecule has 0 atom stereocenters. The average Bonchev–Trinajstić information content (AvgIpc) is 2.46. The average molecular weight is 291 g/mol. The lowest BCUT2D eigenvalue weighted by molar-refractivity contribution is 0.0694. The van der Waals surface area contributed by atoms with Gasteiger partial charge in [-0.25, -0.2) is 9.18 Å². The lowest BCUT2D eigenvalue weighted by Crippen LogP contribution is -2.16. The zero-order valence-electron chi connectivity index (χ0n) is 11.1. The minimum Gasteiger partial charge on any atom is -0.478 e. The number of rotatable bonds is 4. The van der Waals surface area contributed by atoms with Crippen LogP contribution in [0.3, 0.4) is 0 Å². The van der Waals surface area contributed by atoms with Gasteiger partial charge in [-0.05, 0) is 30.5 Å². The molecule has 5 heteroatoms. The smallest absolute Gasteiger partial charge is 0.338 e. The van der Waals surface area contributed by atoms with Crippen LogP contribution in [-0.4, -0.2) is 24.4 Å². The Morgan fingerprint density at radius 3 is 2.40 bits per heavy atom. The van der Waals surface area contributed by atoms with Gasteiger partial charge < -0.3 is 10.0 Å². The van der Waals surface area contributed by atoms with Gasteiger partial charge >= 0.3 is 5.97 Å². The molecule has 0 fully saturated rings. The number of aromatic carboxylic acids is 1. The highest BCUT2D eigenvalue weighted by molar-refractivity contribution is 7.98. The van der Waals surface area contributed by atoms with Gasteiger partial charge in [0.1, 0.15) is 5.82 Å². The number of nitrogens with zero attached hydrogens (tertiary/aromatic N) is 1. The van der Waals surface area contributed by atoms with Crippen LogP contribution in [0.5, 0.6) is 0 Å². The summed E-state index contributed by atoms with van der Waals surface area (Å²) in [6, 6.07) is 11.5. The minimum atomic E-state index is -1.02. The predicted octanol–water partition coefficient (Wildman–Crippen LogP) is 4.01. The quantitative estimate of drug-likeness (QED) is 0.864. The van der Waals surface area contributed by atoms with E-state index in [4.69, 9.17) is 0 Å². The largest absolute Gasteiger partial charge is 0.478 e. The standard InChI is InChI=1S/C15H14FNO2S/c1-17(11-7-4-3-6-10(11)16)12-8-5-9-13(20-2)14(12)15(18)19/h3-9H,1-2H3,(H,18,19). The van der Waals surface area contributed by atoms with Gasteiger partial charge in [0.25, 0.3) is 0 Å². The van der Waals surface area contributed by atoms with E-state index in [1.807, 2.05) is 6.26 Å². The maximum absolute atomic E-state index is 13.8. The first-order chi connectivity index (χ1) is 9.56. The van der Waals surface area contributed by atoms with E-state index in [0.717, 1.165) is 0 Å². The van der Waals surface area contributed by atoms with Gasteiger partial charge in [-0.1, -0.05) is 18.2 Å². The zero-order valence-corrected chi connectivity index (χ0v) is 11.9. The van der Waals surface area contributed by atoms with Crippen LogP contribution in [0.2, 0.25) is 0 Å². The van der Waals surface area contributed by atoms with Crippen LogP contribution in [0.1, 0.15) is 10.4 Å². The molecular weight excluding hydrogens is 277 g/mol. The molecular formula is C15H14FNO2S. The van der Waals surface area contributed by atoms with Gasteiger partial charge in [0.2, 0.25) is 0 Å². The maximum atomic E-state index is 13.8. The zero-order chi connectivity index (χ0) is 14.7. The number of para-hydroxylation sites is 1. The Morgan fingerprint density at radius 2 is 1.80 bits per heavy atom. The van der Waals surface area contributed by atoms with E-state index >= 15 is 0 Å². The molecule has 0 saturated heterocycles. The molecule has 0 amide bonds. The van der Waals surface area contributed by atoms with Gasteiger partial charge in [0, 0.05) is 11.9 Å². The molecule has 0 bridgehead atoms. The van der Waals surface area contributed by atoms with Crippen LogP contribution in [-0.2, 0) is 0 Å². The highest BCUT2D eigenvalue weighted by Crippen LogP contribution is 2.33. The van der Waals surface area contributed by atoms with Crippen molar-refractivity contribution < 1.29 is 14.3 Å². The van der Waals surface area contributed by atoms with E-state index in [-0.39, 0.29) is 11.4 Å². The Labute approximate surface area is 121 Å². The summed E-state index contributed by atoms with van der Waals surface area (Å²) in [7, 11) is 1.66. The number of hydrogen-bond donors (Lipinski definition) is 1. The number of hydrogen-bond acceptors (Lipinski definition) is 3. The van der Waals surface area contributed by atoms with Crippen molar-refractivity contribution in [3.05, 3.63) is 53.8 Å². The molecule has 2 aromatic carbocycles. The molecule has 0 spiro atoms. The predicted molar refractivity (Wildman–Crippen MR) is 79.6 cm³/mol. The van der Waals surface area contributed by atoms with Crippen LogP contribution < -0.4 is 4.90 Å². The van der Waals surface area contributed by atoms with Crippen molar-refractivity contribution in [1.82, 2.24) is 0 Å². The normalized spacial score (nSPS) is 10.3. The second kappa shape index (κ2) is 5.96. The Hall–Kier alpha value is -2.01. The van der Waals surface area contributed by atoms with Crippen LogP contribution in [0.4, 0.5) is 15.8 Å². The molecule has 0 radical (unpaired) electrons. The Balaban J connectivity index is 2.58. The van der Waals surface area contributed by atoms with Gasteiger partial charge in [-0.2, -0.15) is 0 Å². The molecule has 0 unspecified atom stereocenters. The van der Waals surface area contributed by atoms with Crippen LogP contribution in [0, 0.1) is 5.82 Å². The monoisotopic (exact) mass is 291 g/mol. The van der Waals surface area contributed by atoms with Crippen molar-refractivity contribution in [2.24, 2.45) is 0 Å². The van der Waals surface area contributed by atoms with E-state index in [1.54, 1.807) is 48.3 Å². The Bertz CT molecular complexity index is 646. The summed E-state index contributed by atoms with van der Waals surface area (Å²) >= 11 is 1.35. The first-order valence-electron chi connectivity index (χ1n) is 5.94. The lowest BCUT2D eigenvalue weighted by atomic mass is 10.1. The molecule has 2 aromatic rings. The number of carbonyl (C=O) groups is 1. The molecule has 0 aliphatic heterocycles. The second-order valence-electron chi connectivity index (χ2n) is 4.17. The number of benzene rings is 2. The van der Waals surface area contributed by atoms with Crippen molar-refractivity contribution >= 4 is 29.1 Å². The Morgan fingerprint density at radius 1 is 1.15 bits per heavy atom. The number of anilines is 2. The maximum Gasteiger partial charge on any atom is 0.338 e. The summed E-state index contributed by atoms with van der Waals surface area (Å²) in [6.07, 6.45) is 1.81. The molecule has 20 heavy (non-hydrogen) atoms. The summed E-state index contributed by atoms with van der Waals surface area (Å²) in [5.74, 6) is -1.41. The van der Waals surface area contributed by atoms with Crippen molar-refractivity contribution in [2.45, 2.75) is 4.90 Å². The summed E-state index contributed by atoms with van der Waals surface area (Å²) in [4.78, 5) is 13.7. The highest BCUT2D eigenvalue weighted by Gasteiger charge is 2.19. The molecule has 0 aliphatic rings. The third-order valence-corrected chi connectivity index (χ3v) is 3.79. The Kier molecular flexibility index (Phi) is 4.29. The van der Waals surface area contributed by atoms with Crippen LogP contribution in [0.25, 0.3) is 0 Å². The molecule has 3 nitrogen and oxygen atoms in total. The first kappa shape index (κ1) is 14.4. The summed E-state index contributed by atoms with van der Waals surface area (Å²) < 4.78 is 13.8. The third-order valence-electron chi connectivity index (χ3n) is 3.01. The molecule has 104 valence electrons. The summed E-state index contributed by atoms with van der Waals surface area (Å²) in [5, 5.41) is 9.41. The fourth-order valence-corrected chi connectivity index (χ4v) is 2.65. The van der Waals surface area contributed by atoms with Crippen LogP contribution >= 0.6 is 11.8 Å². The van der Waals surface area contributed by atoms with Gasteiger partial charge in [-0.15, -0.1) is 11.8 Å². The molecule has 0 aliphatic carbocycles. The third kappa shape index (κ3) is 2.63. The number of carboxylic acids is 1. The lowest BCUT2D eigenvalue weighted by Gasteiger charge is -2.23. The summed E-state index contributed by atoms with van der Waals surface area (Å²) in [6.45, 7) is 0. The van der Waals surface area contributed by atoms with Crippen molar-refractivity contribution in [3.63, 3.8) is 0 Å². The molecule has 0 saturated carbocycles. The fraction of sp³-hybridized carbons (Fsp3) is 0.133. The summed E-state index contributed by atoms with van der Waals surface area (Å²) in [5.41, 5.74) is 0.994. The topological polar surface area (TPSA) is 40.5 Å². The number of halogens is 1. The van der Waals surface area contributed by atoms with Gasteiger partial charge in [0.05, 0.1) is 16.9 Å². The van der Waals surface area contributed by atoms with E-state index < -0.39 is 5.97 Å². The van der Waals surface area contributed by atoms with Gasteiger partial charge in [-0.3, -0.25) is 0 Å². The van der Waals surface area contributed by atoms with Gasteiger partial charge in [0.15, 0.2) is 0 Å². The fourth-order valence-electron chi connectivity index (χ4n) is 2.04. The highest BCUT2D eigenvalue weighted by atomic mass is 32.2. The second-order valence-corrected chi connectivity index (χ2v) is 5.02. The van der Waals surface area contributed by atoms with E-state index in [2.05, 4.69) is 0 Å². The van der Waals surface area contributed by atoms with E-state index in [0.29, 0.717) is 16.3 Å². The molecule has 1 N–H and O–H groups in total. The van der Waals surface area contributed by atoms with E-state index in [9.17, 15) is 14.3 Å². The minimum absolute atomic E-state index is 0.186. The van der Waals surface area contributed by atoms with Crippen LogP contribution in [0.15, 0.2) is 47.4 Å².